The Morgan fingerprint density at radius 1 is 1.11 bits per heavy atom. The fourth-order valence-corrected chi connectivity index (χ4v) is 2.34. The molecule has 0 aromatic heterocycles. The summed E-state index contributed by atoms with van der Waals surface area (Å²) in [6.07, 6.45) is 1.55. The minimum atomic E-state index is -0.609. The van der Waals surface area contributed by atoms with Crippen LogP contribution in [0.25, 0.3) is 6.08 Å². The Kier molecular flexibility index (Phi) is 7.44. The van der Waals surface area contributed by atoms with Crippen LogP contribution in [0.2, 0.25) is 5.02 Å². The van der Waals surface area contributed by atoms with E-state index in [-0.39, 0.29) is 18.2 Å². The maximum absolute atomic E-state index is 12.7. The number of ether oxygens (including phenoxy) is 2. The van der Waals surface area contributed by atoms with Gasteiger partial charge in [-0.1, -0.05) is 49.7 Å². The van der Waals surface area contributed by atoms with Crippen molar-refractivity contribution in [2.24, 2.45) is 5.92 Å². The van der Waals surface area contributed by atoms with Gasteiger partial charge >= 0.3 is 5.97 Å². The molecule has 0 fully saturated rings. The highest BCUT2D eigenvalue weighted by Crippen LogP contribution is 2.18. The summed E-state index contributed by atoms with van der Waals surface area (Å²) in [5.74, 6) is -0.483. The molecular weight excluding hydrogens is 366 g/mol. The third kappa shape index (κ3) is 6.15. The molecule has 0 atom stereocenters. The smallest absolute Gasteiger partial charge is 0.354 e. The predicted octanol–water partition coefficient (Wildman–Crippen LogP) is 4.32. The molecule has 2 aromatic carbocycles. The summed E-state index contributed by atoms with van der Waals surface area (Å²) >= 11 is 5.90. The molecule has 2 rings (SSSR count). The molecular formula is C21H22ClNO4. The SMILES string of the molecule is COc1ccccc1C(=O)NC(=Cc1ccc(Cl)cc1)C(=O)OCC(C)C. The van der Waals surface area contributed by atoms with Crippen LogP contribution in [0.3, 0.4) is 0 Å². The lowest BCUT2D eigenvalue weighted by Crippen LogP contribution is -2.29. The van der Waals surface area contributed by atoms with Crippen molar-refractivity contribution in [2.45, 2.75) is 13.8 Å². The van der Waals surface area contributed by atoms with E-state index < -0.39 is 11.9 Å². The molecule has 0 saturated carbocycles. The molecule has 1 amide bonds. The van der Waals surface area contributed by atoms with Crippen LogP contribution < -0.4 is 10.1 Å². The highest BCUT2D eigenvalue weighted by Gasteiger charge is 2.18. The molecule has 142 valence electrons. The third-order valence-electron chi connectivity index (χ3n) is 3.55. The lowest BCUT2D eigenvalue weighted by Gasteiger charge is -2.13. The summed E-state index contributed by atoms with van der Waals surface area (Å²) in [5.41, 5.74) is 1.06. The Morgan fingerprint density at radius 2 is 1.78 bits per heavy atom. The van der Waals surface area contributed by atoms with Gasteiger partial charge < -0.3 is 14.8 Å². The summed E-state index contributed by atoms with van der Waals surface area (Å²) in [6, 6.07) is 13.7. The van der Waals surface area contributed by atoms with Crippen molar-refractivity contribution in [1.29, 1.82) is 0 Å². The number of para-hydroxylation sites is 1. The van der Waals surface area contributed by atoms with Crippen LogP contribution in [0, 0.1) is 5.92 Å². The standard InChI is InChI=1S/C21H22ClNO4/c1-14(2)13-27-21(25)18(12-15-8-10-16(22)11-9-15)23-20(24)17-6-4-5-7-19(17)26-3/h4-12,14H,13H2,1-3H3,(H,23,24). The van der Waals surface area contributed by atoms with Gasteiger partial charge in [0.2, 0.25) is 0 Å². The zero-order valence-electron chi connectivity index (χ0n) is 15.5. The number of amides is 1. The Bertz CT molecular complexity index is 828. The van der Waals surface area contributed by atoms with E-state index in [2.05, 4.69) is 5.32 Å². The molecule has 0 bridgehead atoms. The molecule has 6 heteroatoms. The first-order chi connectivity index (χ1) is 12.9. The monoisotopic (exact) mass is 387 g/mol. The van der Waals surface area contributed by atoms with E-state index in [4.69, 9.17) is 21.1 Å². The van der Waals surface area contributed by atoms with Crippen molar-refractivity contribution in [3.63, 3.8) is 0 Å². The van der Waals surface area contributed by atoms with Crippen molar-refractivity contribution in [1.82, 2.24) is 5.32 Å². The van der Waals surface area contributed by atoms with Crippen molar-refractivity contribution < 1.29 is 19.1 Å². The Balaban J connectivity index is 2.29. The van der Waals surface area contributed by atoms with Gasteiger partial charge in [-0.3, -0.25) is 4.79 Å². The minimum Gasteiger partial charge on any atom is -0.496 e. The zero-order chi connectivity index (χ0) is 19.8. The van der Waals surface area contributed by atoms with E-state index in [1.165, 1.54) is 7.11 Å². The first kappa shape index (κ1) is 20.5. The van der Waals surface area contributed by atoms with Crippen molar-refractivity contribution in [3.05, 3.63) is 70.4 Å². The fraction of sp³-hybridized carbons (Fsp3) is 0.238. The van der Waals surface area contributed by atoms with Crippen molar-refractivity contribution >= 4 is 29.6 Å². The fourth-order valence-electron chi connectivity index (χ4n) is 2.21. The maximum Gasteiger partial charge on any atom is 0.354 e. The summed E-state index contributed by atoms with van der Waals surface area (Å²) < 4.78 is 10.5. The number of methoxy groups -OCH3 is 1. The molecule has 0 spiro atoms. The highest BCUT2D eigenvalue weighted by atomic mass is 35.5. The molecule has 0 aliphatic rings. The van der Waals surface area contributed by atoms with Gasteiger partial charge in [-0.25, -0.2) is 4.79 Å². The minimum absolute atomic E-state index is 0.0360. The van der Waals surface area contributed by atoms with Crippen LogP contribution in [0.1, 0.15) is 29.8 Å². The Labute approximate surface area is 163 Å². The number of nitrogens with one attached hydrogen (secondary N) is 1. The van der Waals surface area contributed by atoms with Crippen LogP contribution in [0.5, 0.6) is 5.75 Å². The van der Waals surface area contributed by atoms with Crippen LogP contribution in [0.15, 0.2) is 54.2 Å². The number of rotatable bonds is 7. The van der Waals surface area contributed by atoms with Crippen LogP contribution >= 0.6 is 11.6 Å². The largest absolute Gasteiger partial charge is 0.496 e. The molecule has 0 aliphatic heterocycles. The molecule has 0 aliphatic carbocycles. The van der Waals surface area contributed by atoms with Gasteiger partial charge in [0.15, 0.2) is 0 Å². The van der Waals surface area contributed by atoms with Crippen molar-refractivity contribution in [3.8, 4) is 5.75 Å². The average molecular weight is 388 g/mol. The molecule has 27 heavy (non-hydrogen) atoms. The van der Waals surface area contributed by atoms with Gasteiger partial charge in [0.25, 0.3) is 5.91 Å². The zero-order valence-corrected chi connectivity index (χ0v) is 16.2. The number of esters is 1. The van der Waals surface area contributed by atoms with E-state index in [1.54, 1.807) is 54.6 Å². The molecule has 5 nitrogen and oxygen atoms in total. The second-order valence-corrected chi connectivity index (χ2v) is 6.69. The van der Waals surface area contributed by atoms with Crippen LogP contribution in [-0.2, 0) is 9.53 Å². The summed E-state index contributed by atoms with van der Waals surface area (Å²) in [6.45, 7) is 4.12. The first-order valence-corrected chi connectivity index (χ1v) is 8.87. The maximum atomic E-state index is 12.7. The number of carbonyl (C=O) groups is 2. The quantitative estimate of drug-likeness (QED) is 0.567. The molecule has 0 unspecified atom stereocenters. The highest BCUT2D eigenvalue weighted by molar-refractivity contribution is 6.30. The number of halogens is 1. The second-order valence-electron chi connectivity index (χ2n) is 6.26. The van der Waals surface area contributed by atoms with Gasteiger partial charge in [0.05, 0.1) is 19.3 Å². The van der Waals surface area contributed by atoms with Gasteiger partial charge in [-0.15, -0.1) is 0 Å². The van der Waals surface area contributed by atoms with Crippen LogP contribution in [-0.4, -0.2) is 25.6 Å². The lowest BCUT2D eigenvalue weighted by molar-refractivity contribution is -0.140. The van der Waals surface area contributed by atoms with Gasteiger partial charge in [-0.2, -0.15) is 0 Å². The van der Waals surface area contributed by atoms with E-state index in [9.17, 15) is 9.59 Å². The van der Waals surface area contributed by atoms with E-state index in [0.29, 0.717) is 21.9 Å². The van der Waals surface area contributed by atoms with Gasteiger partial charge in [0, 0.05) is 5.02 Å². The topological polar surface area (TPSA) is 64.6 Å². The third-order valence-corrected chi connectivity index (χ3v) is 3.80. The van der Waals surface area contributed by atoms with Crippen molar-refractivity contribution in [2.75, 3.05) is 13.7 Å². The van der Waals surface area contributed by atoms with Gasteiger partial charge in [-0.05, 0) is 41.8 Å². The molecule has 0 saturated heterocycles. The first-order valence-electron chi connectivity index (χ1n) is 8.49. The van der Waals surface area contributed by atoms with Gasteiger partial charge in [0.1, 0.15) is 11.4 Å². The second kappa shape index (κ2) is 9.78. The van der Waals surface area contributed by atoms with E-state index >= 15 is 0 Å². The summed E-state index contributed by atoms with van der Waals surface area (Å²) in [4.78, 5) is 25.1. The van der Waals surface area contributed by atoms with E-state index in [1.807, 2.05) is 13.8 Å². The van der Waals surface area contributed by atoms with E-state index in [0.717, 1.165) is 0 Å². The summed E-state index contributed by atoms with van der Waals surface area (Å²) in [7, 11) is 1.48. The Hall–Kier alpha value is -2.79. The number of benzene rings is 2. The summed E-state index contributed by atoms with van der Waals surface area (Å²) in [5, 5.41) is 3.21. The normalized spacial score (nSPS) is 11.2. The van der Waals surface area contributed by atoms with Crippen LogP contribution in [0.4, 0.5) is 0 Å². The number of carbonyl (C=O) groups excluding carboxylic acids is 2. The average Bonchev–Trinajstić information content (AvgIpc) is 2.67. The molecule has 2 aromatic rings. The molecule has 0 heterocycles. The number of hydrogen-bond donors (Lipinski definition) is 1. The number of hydrogen-bond acceptors (Lipinski definition) is 4. The molecule has 0 radical (unpaired) electrons. The lowest BCUT2D eigenvalue weighted by atomic mass is 10.1. The molecule has 1 N–H and O–H groups in total. The Morgan fingerprint density at radius 3 is 2.41 bits per heavy atom. The predicted molar refractivity (Wildman–Crippen MR) is 106 cm³/mol.